The molecule has 3 heteroatoms. The lowest BCUT2D eigenvalue weighted by molar-refractivity contribution is -0.116. The summed E-state index contributed by atoms with van der Waals surface area (Å²) in [5.74, 6) is 1.54. The maximum atomic E-state index is 11.0. The standard InChI is InChI=1S/C12H12O3/c1-8(13)6-9-7-10-11(14-2)4-3-5-12(10)15-9/h3-5,7H,6H2,1-2H3. The highest BCUT2D eigenvalue weighted by Crippen LogP contribution is 2.28. The van der Waals surface area contributed by atoms with Gasteiger partial charge in [-0.05, 0) is 25.1 Å². The van der Waals surface area contributed by atoms with Gasteiger partial charge in [-0.1, -0.05) is 6.07 Å². The van der Waals surface area contributed by atoms with Gasteiger partial charge in [-0.15, -0.1) is 0 Å². The quantitative estimate of drug-likeness (QED) is 0.771. The van der Waals surface area contributed by atoms with E-state index in [2.05, 4.69) is 0 Å². The van der Waals surface area contributed by atoms with Crippen molar-refractivity contribution in [1.29, 1.82) is 0 Å². The number of furan rings is 1. The van der Waals surface area contributed by atoms with Gasteiger partial charge in [-0.2, -0.15) is 0 Å². The minimum atomic E-state index is 0.0908. The molecule has 15 heavy (non-hydrogen) atoms. The summed E-state index contributed by atoms with van der Waals surface area (Å²) in [6.07, 6.45) is 0.331. The molecule has 0 unspecified atom stereocenters. The molecule has 0 atom stereocenters. The lowest BCUT2D eigenvalue weighted by atomic mass is 10.2. The second-order valence-corrected chi connectivity index (χ2v) is 3.46. The molecule has 2 aromatic rings. The molecule has 2 rings (SSSR count). The molecule has 0 aliphatic heterocycles. The van der Waals surface area contributed by atoms with Crippen molar-refractivity contribution >= 4 is 16.8 Å². The predicted molar refractivity (Wildman–Crippen MR) is 57.2 cm³/mol. The van der Waals surface area contributed by atoms with Gasteiger partial charge in [0.05, 0.1) is 18.9 Å². The third-order valence-electron chi connectivity index (χ3n) is 2.22. The second kappa shape index (κ2) is 3.77. The molecule has 0 bridgehead atoms. The molecule has 0 saturated carbocycles. The van der Waals surface area contributed by atoms with E-state index in [1.54, 1.807) is 14.0 Å². The largest absolute Gasteiger partial charge is 0.496 e. The molecule has 0 fully saturated rings. The van der Waals surface area contributed by atoms with Crippen molar-refractivity contribution in [1.82, 2.24) is 0 Å². The Hall–Kier alpha value is -1.77. The van der Waals surface area contributed by atoms with Gasteiger partial charge >= 0.3 is 0 Å². The Kier molecular flexibility index (Phi) is 2.46. The molecule has 1 aromatic heterocycles. The third kappa shape index (κ3) is 1.86. The lowest BCUT2D eigenvalue weighted by Gasteiger charge is -1.98. The van der Waals surface area contributed by atoms with Crippen LogP contribution in [0.4, 0.5) is 0 Å². The molecule has 0 spiro atoms. The Morgan fingerprint density at radius 2 is 2.27 bits per heavy atom. The first-order chi connectivity index (χ1) is 7.20. The molecule has 0 saturated heterocycles. The topological polar surface area (TPSA) is 39.4 Å². The minimum absolute atomic E-state index is 0.0908. The van der Waals surface area contributed by atoms with E-state index in [-0.39, 0.29) is 5.78 Å². The van der Waals surface area contributed by atoms with Crippen LogP contribution in [0.25, 0.3) is 11.0 Å². The molecule has 0 amide bonds. The van der Waals surface area contributed by atoms with Gasteiger partial charge in [0.1, 0.15) is 22.9 Å². The SMILES string of the molecule is COc1cccc2oc(CC(C)=O)cc12. The lowest BCUT2D eigenvalue weighted by Crippen LogP contribution is -1.93. The van der Waals surface area contributed by atoms with E-state index in [1.807, 2.05) is 24.3 Å². The second-order valence-electron chi connectivity index (χ2n) is 3.46. The number of ketones is 1. The summed E-state index contributed by atoms with van der Waals surface area (Å²) < 4.78 is 10.7. The number of hydrogen-bond donors (Lipinski definition) is 0. The van der Waals surface area contributed by atoms with E-state index < -0.39 is 0 Å². The number of hydrogen-bond acceptors (Lipinski definition) is 3. The van der Waals surface area contributed by atoms with E-state index in [9.17, 15) is 4.79 Å². The fourth-order valence-electron chi connectivity index (χ4n) is 1.60. The van der Waals surface area contributed by atoms with Gasteiger partial charge in [0.15, 0.2) is 0 Å². The van der Waals surface area contributed by atoms with Gasteiger partial charge in [0, 0.05) is 0 Å². The maximum Gasteiger partial charge on any atom is 0.138 e. The summed E-state index contributed by atoms with van der Waals surface area (Å²) >= 11 is 0. The van der Waals surface area contributed by atoms with Crippen molar-refractivity contribution in [2.24, 2.45) is 0 Å². The molecule has 0 aliphatic rings. The van der Waals surface area contributed by atoms with Crippen molar-refractivity contribution in [3.63, 3.8) is 0 Å². The molecular weight excluding hydrogens is 192 g/mol. The molecule has 0 radical (unpaired) electrons. The summed E-state index contributed by atoms with van der Waals surface area (Å²) in [5.41, 5.74) is 0.755. The molecule has 0 N–H and O–H groups in total. The van der Waals surface area contributed by atoms with Crippen LogP contribution in [0.5, 0.6) is 5.75 Å². The number of methoxy groups -OCH3 is 1. The van der Waals surface area contributed by atoms with Gasteiger partial charge in [0.2, 0.25) is 0 Å². The predicted octanol–water partition coefficient (Wildman–Crippen LogP) is 2.57. The molecule has 78 valence electrons. The van der Waals surface area contributed by atoms with E-state index in [0.29, 0.717) is 12.2 Å². The summed E-state index contributed by atoms with van der Waals surface area (Å²) in [4.78, 5) is 11.0. The number of carbonyl (C=O) groups excluding carboxylic acids is 1. The Labute approximate surface area is 87.6 Å². The van der Waals surface area contributed by atoms with Crippen LogP contribution in [-0.2, 0) is 11.2 Å². The maximum absolute atomic E-state index is 11.0. The minimum Gasteiger partial charge on any atom is -0.496 e. The van der Waals surface area contributed by atoms with Crippen molar-refractivity contribution in [2.75, 3.05) is 7.11 Å². The summed E-state index contributed by atoms with van der Waals surface area (Å²) in [7, 11) is 1.62. The van der Waals surface area contributed by atoms with Crippen molar-refractivity contribution in [2.45, 2.75) is 13.3 Å². The van der Waals surface area contributed by atoms with Crippen LogP contribution in [0.2, 0.25) is 0 Å². The normalized spacial score (nSPS) is 10.5. The Balaban J connectivity index is 2.50. The first-order valence-electron chi connectivity index (χ1n) is 4.75. The number of fused-ring (bicyclic) bond motifs is 1. The summed E-state index contributed by atoms with van der Waals surface area (Å²) in [6.45, 7) is 1.55. The van der Waals surface area contributed by atoms with Gasteiger partial charge < -0.3 is 9.15 Å². The fourth-order valence-corrected chi connectivity index (χ4v) is 1.60. The van der Waals surface area contributed by atoms with Crippen LogP contribution in [0.15, 0.2) is 28.7 Å². The third-order valence-corrected chi connectivity index (χ3v) is 2.22. The van der Waals surface area contributed by atoms with Crippen LogP contribution in [0.3, 0.4) is 0 Å². The first kappa shape index (κ1) is 9.77. The number of rotatable bonds is 3. The highest BCUT2D eigenvalue weighted by atomic mass is 16.5. The van der Waals surface area contributed by atoms with Crippen molar-refractivity contribution < 1.29 is 13.9 Å². The zero-order chi connectivity index (χ0) is 10.8. The molecule has 0 aliphatic carbocycles. The Bertz CT molecular complexity index is 497. The monoisotopic (exact) mass is 204 g/mol. The summed E-state index contributed by atoms with van der Waals surface area (Å²) in [5, 5.41) is 0.913. The zero-order valence-corrected chi connectivity index (χ0v) is 8.74. The number of benzene rings is 1. The first-order valence-corrected chi connectivity index (χ1v) is 4.75. The van der Waals surface area contributed by atoms with E-state index in [0.717, 1.165) is 16.7 Å². The zero-order valence-electron chi connectivity index (χ0n) is 8.74. The van der Waals surface area contributed by atoms with E-state index >= 15 is 0 Å². The Morgan fingerprint density at radius 1 is 1.47 bits per heavy atom. The van der Waals surface area contributed by atoms with Crippen molar-refractivity contribution in [3.8, 4) is 5.75 Å². The highest BCUT2D eigenvalue weighted by molar-refractivity contribution is 5.86. The van der Waals surface area contributed by atoms with Crippen molar-refractivity contribution in [3.05, 3.63) is 30.0 Å². The smallest absolute Gasteiger partial charge is 0.138 e. The van der Waals surface area contributed by atoms with E-state index in [4.69, 9.17) is 9.15 Å². The van der Waals surface area contributed by atoms with Crippen LogP contribution in [0.1, 0.15) is 12.7 Å². The molecular formula is C12H12O3. The molecule has 1 aromatic carbocycles. The molecule has 1 heterocycles. The van der Waals surface area contributed by atoms with Gasteiger partial charge in [-0.3, -0.25) is 4.79 Å². The van der Waals surface area contributed by atoms with Gasteiger partial charge in [0.25, 0.3) is 0 Å². The number of ether oxygens (including phenoxy) is 1. The molecule has 3 nitrogen and oxygen atoms in total. The number of Topliss-reactive ketones (excluding diaryl/α,β-unsaturated/α-hetero) is 1. The summed E-state index contributed by atoms with van der Waals surface area (Å²) in [6, 6.07) is 7.45. The highest BCUT2D eigenvalue weighted by Gasteiger charge is 2.09. The average Bonchev–Trinajstić information content (AvgIpc) is 2.58. The Morgan fingerprint density at radius 3 is 2.93 bits per heavy atom. The fraction of sp³-hybridized carbons (Fsp3) is 0.250. The van der Waals surface area contributed by atoms with E-state index in [1.165, 1.54) is 0 Å². The van der Waals surface area contributed by atoms with Crippen LogP contribution in [0, 0.1) is 0 Å². The van der Waals surface area contributed by atoms with Crippen LogP contribution >= 0.6 is 0 Å². The van der Waals surface area contributed by atoms with Crippen LogP contribution < -0.4 is 4.74 Å². The number of carbonyl (C=O) groups is 1. The van der Waals surface area contributed by atoms with Gasteiger partial charge in [-0.25, -0.2) is 0 Å². The van der Waals surface area contributed by atoms with Crippen LogP contribution in [-0.4, -0.2) is 12.9 Å². The average molecular weight is 204 g/mol.